The summed E-state index contributed by atoms with van der Waals surface area (Å²) < 4.78 is 18.7. The van der Waals surface area contributed by atoms with Crippen molar-refractivity contribution >= 4 is 16.9 Å². The van der Waals surface area contributed by atoms with Crippen molar-refractivity contribution in [3.05, 3.63) is 0 Å². The van der Waals surface area contributed by atoms with E-state index in [0.717, 1.165) is 31.6 Å². The monoisotopic (exact) mass is 176 g/mol. The zero-order valence-corrected chi connectivity index (χ0v) is 7.06. The molecule has 0 saturated heterocycles. The molecule has 0 fully saturated rings. The van der Waals surface area contributed by atoms with Gasteiger partial charge in [0.25, 0.3) is 0 Å². The average molecular weight is 176 g/mol. The molecule has 0 aromatic rings. The van der Waals surface area contributed by atoms with E-state index in [4.69, 9.17) is 4.55 Å². The predicted octanol–water partition coefficient (Wildman–Crippen LogP) is 0.338. The summed E-state index contributed by atoms with van der Waals surface area (Å²) in [6.45, 7) is 0.848. The number of nitrogens with zero attached hydrogens (tertiary/aromatic N) is 1. The summed E-state index contributed by atoms with van der Waals surface area (Å²) in [5, 5.41) is 2.82. The van der Waals surface area contributed by atoms with Crippen molar-refractivity contribution < 1.29 is 8.76 Å². The highest BCUT2D eigenvalue weighted by Crippen LogP contribution is 2.03. The third-order valence-electron chi connectivity index (χ3n) is 1.52. The van der Waals surface area contributed by atoms with Gasteiger partial charge in [-0.15, -0.1) is 0 Å². The summed E-state index contributed by atoms with van der Waals surface area (Å²) in [6, 6.07) is 0. The summed E-state index contributed by atoms with van der Waals surface area (Å²) in [7, 11) is 0. The number of nitrogens with one attached hydrogen (secondary N) is 1. The fourth-order valence-corrected chi connectivity index (χ4v) is 1.28. The summed E-state index contributed by atoms with van der Waals surface area (Å²) in [4.78, 5) is 4.16. The van der Waals surface area contributed by atoms with Crippen LogP contribution in [0.2, 0.25) is 0 Å². The average Bonchev–Trinajstić information content (AvgIpc) is 2.03. The Kier molecular flexibility index (Phi) is 3.51. The molecule has 0 aromatic heterocycles. The van der Waals surface area contributed by atoms with Gasteiger partial charge in [0.1, 0.15) is 5.88 Å². The summed E-state index contributed by atoms with van der Waals surface area (Å²) in [6.07, 6.45) is 3.18. The van der Waals surface area contributed by atoms with Gasteiger partial charge in [-0.1, -0.05) is 0 Å². The fourth-order valence-electron chi connectivity index (χ4n) is 0.987. The number of hydrogen-bond acceptors (Lipinski definition) is 3. The minimum Gasteiger partial charge on any atom is -0.360 e. The Balaban J connectivity index is 2.24. The highest BCUT2D eigenvalue weighted by molar-refractivity contribution is 7.79. The molecule has 1 heterocycles. The first-order valence-electron chi connectivity index (χ1n) is 3.63. The van der Waals surface area contributed by atoms with Crippen LogP contribution in [0.3, 0.4) is 0 Å². The van der Waals surface area contributed by atoms with Crippen LogP contribution in [0.25, 0.3) is 0 Å². The molecule has 0 amide bonds. The molecule has 5 heteroatoms. The molecule has 1 unspecified atom stereocenters. The Morgan fingerprint density at radius 2 is 2.45 bits per heavy atom. The standard InChI is InChI=1S/C6H12N2O2S/c9-11(10)5-8-6-3-1-2-4-7-6/h1-5H2,(H,7,8)(H,9,10). The Labute approximate surface area is 68.4 Å². The Bertz CT molecular complexity index is 181. The maximum Gasteiger partial charge on any atom is 0.172 e. The Morgan fingerprint density at radius 1 is 1.64 bits per heavy atom. The van der Waals surface area contributed by atoms with Gasteiger partial charge in [0.15, 0.2) is 11.1 Å². The molecule has 11 heavy (non-hydrogen) atoms. The van der Waals surface area contributed by atoms with E-state index in [9.17, 15) is 4.21 Å². The highest BCUT2D eigenvalue weighted by Gasteiger charge is 2.04. The van der Waals surface area contributed by atoms with E-state index in [1.807, 2.05) is 0 Å². The predicted molar refractivity (Wildman–Crippen MR) is 44.9 cm³/mol. The molecule has 1 atom stereocenters. The molecule has 1 aliphatic heterocycles. The van der Waals surface area contributed by atoms with Gasteiger partial charge >= 0.3 is 0 Å². The second-order valence-corrected chi connectivity index (χ2v) is 3.36. The van der Waals surface area contributed by atoms with Crippen LogP contribution in [-0.2, 0) is 11.1 Å². The lowest BCUT2D eigenvalue weighted by Gasteiger charge is -2.11. The first-order chi connectivity index (χ1) is 5.29. The quantitative estimate of drug-likeness (QED) is 0.596. The van der Waals surface area contributed by atoms with Crippen LogP contribution in [0.1, 0.15) is 19.3 Å². The van der Waals surface area contributed by atoms with E-state index in [0.29, 0.717) is 0 Å². The lowest BCUT2D eigenvalue weighted by atomic mass is 10.2. The van der Waals surface area contributed by atoms with Gasteiger partial charge in [-0.25, -0.2) is 4.21 Å². The van der Waals surface area contributed by atoms with E-state index < -0.39 is 11.1 Å². The molecule has 2 N–H and O–H groups in total. The second kappa shape index (κ2) is 4.46. The van der Waals surface area contributed by atoms with Crippen LogP contribution in [0, 0.1) is 0 Å². The molecule has 0 bridgehead atoms. The van der Waals surface area contributed by atoms with Crippen LogP contribution in [-0.4, -0.2) is 27.0 Å². The SMILES string of the molecule is O=S(O)CNC1=NCCCC1. The largest absolute Gasteiger partial charge is 0.360 e. The minimum absolute atomic E-state index is 0.0961. The molecule has 0 aromatic carbocycles. The van der Waals surface area contributed by atoms with Crippen molar-refractivity contribution in [1.82, 2.24) is 5.32 Å². The maximum atomic E-state index is 10.2. The van der Waals surface area contributed by atoms with Crippen molar-refractivity contribution in [2.24, 2.45) is 4.99 Å². The van der Waals surface area contributed by atoms with Crippen LogP contribution < -0.4 is 5.32 Å². The number of hydrogen-bond donors (Lipinski definition) is 2. The Hall–Kier alpha value is -0.420. The molecular formula is C6H12N2O2S. The van der Waals surface area contributed by atoms with E-state index in [1.54, 1.807) is 0 Å². The zero-order chi connectivity index (χ0) is 8.10. The van der Waals surface area contributed by atoms with Crippen LogP contribution in [0.15, 0.2) is 4.99 Å². The summed E-state index contributed by atoms with van der Waals surface area (Å²) >= 11 is -1.76. The molecule has 1 aliphatic rings. The minimum atomic E-state index is -1.76. The van der Waals surface area contributed by atoms with E-state index in [-0.39, 0.29) is 5.88 Å². The zero-order valence-electron chi connectivity index (χ0n) is 6.25. The smallest absolute Gasteiger partial charge is 0.172 e. The number of aliphatic imine (C=N–C) groups is 1. The van der Waals surface area contributed by atoms with Crippen LogP contribution in [0.5, 0.6) is 0 Å². The summed E-state index contributed by atoms with van der Waals surface area (Å²) in [5.41, 5.74) is 0. The fraction of sp³-hybridized carbons (Fsp3) is 0.833. The molecule has 0 spiro atoms. The molecule has 4 nitrogen and oxygen atoms in total. The van der Waals surface area contributed by atoms with Crippen molar-refractivity contribution in [1.29, 1.82) is 0 Å². The molecular weight excluding hydrogens is 164 g/mol. The van der Waals surface area contributed by atoms with Gasteiger partial charge in [-0.05, 0) is 12.8 Å². The Morgan fingerprint density at radius 3 is 3.00 bits per heavy atom. The molecule has 0 saturated carbocycles. The maximum absolute atomic E-state index is 10.2. The lowest BCUT2D eigenvalue weighted by Crippen LogP contribution is -2.28. The molecule has 0 radical (unpaired) electrons. The van der Waals surface area contributed by atoms with Gasteiger partial charge in [0.05, 0.1) is 5.84 Å². The number of amidine groups is 1. The molecule has 1 rings (SSSR count). The third-order valence-corrected chi connectivity index (χ3v) is 1.92. The van der Waals surface area contributed by atoms with Gasteiger partial charge in [0, 0.05) is 13.0 Å². The van der Waals surface area contributed by atoms with Crippen molar-refractivity contribution in [3.63, 3.8) is 0 Å². The van der Waals surface area contributed by atoms with Gasteiger partial charge in [0.2, 0.25) is 0 Å². The van der Waals surface area contributed by atoms with Crippen molar-refractivity contribution in [2.75, 3.05) is 12.4 Å². The second-order valence-electron chi connectivity index (χ2n) is 2.43. The van der Waals surface area contributed by atoms with Gasteiger partial charge < -0.3 is 9.87 Å². The first kappa shape index (κ1) is 8.67. The van der Waals surface area contributed by atoms with E-state index in [1.165, 1.54) is 0 Å². The highest BCUT2D eigenvalue weighted by atomic mass is 32.2. The van der Waals surface area contributed by atoms with Crippen molar-refractivity contribution in [2.45, 2.75) is 19.3 Å². The van der Waals surface area contributed by atoms with Gasteiger partial charge in [-0.2, -0.15) is 0 Å². The summed E-state index contributed by atoms with van der Waals surface area (Å²) in [5.74, 6) is 0.970. The van der Waals surface area contributed by atoms with Crippen molar-refractivity contribution in [3.8, 4) is 0 Å². The third kappa shape index (κ3) is 3.48. The van der Waals surface area contributed by atoms with E-state index >= 15 is 0 Å². The van der Waals surface area contributed by atoms with Crippen LogP contribution in [0.4, 0.5) is 0 Å². The molecule has 64 valence electrons. The normalized spacial score (nSPS) is 20.6. The van der Waals surface area contributed by atoms with Gasteiger partial charge in [-0.3, -0.25) is 4.99 Å². The molecule has 0 aliphatic carbocycles. The topological polar surface area (TPSA) is 61.7 Å². The number of rotatable bonds is 2. The first-order valence-corrected chi connectivity index (χ1v) is 4.91. The lowest BCUT2D eigenvalue weighted by molar-refractivity contribution is 0.561. The van der Waals surface area contributed by atoms with E-state index in [2.05, 4.69) is 10.3 Å². The van der Waals surface area contributed by atoms with Crippen LogP contribution >= 0.6 is 0 Å².